The highest BCUT2D eigenvalue weighted by atomic mass is 35.5. The summed E-state index contributed by atoms with van der Waals surface area (Å²) in [6.07, 6.45) is 0. The highest BCUT2D eigenvalue weighted by Crippen LogP contribution is 2.26. The Bertz CT molecular complexity index is 1350. The van der Waals surface area contributed by atoms with Crippen LogP contribution in [0.4, 0.5) is 5.82 Å². The molecule has 0 aliphatic carbocycles. The molecule has 0 bridgehead atoms. The molecule has 36 heavy (non-hydrogen) atoms. The fourth-order valence-corrected chi connectivity index (χ4v) is 4.29. The van der Waals surface area contributed by atoms with Crippen LogP contribution in [-0.2, 0) is 18.6 Å². The van der Waals surface area contributed by atoms with Gasteiger partial charge in [-0.15, -0.1) is 0 Å². The van der Waals surface area contributed by atoms with Crippen molar-refractivity contribution in [2.45, 2.75) is 46.3 Å². The maximum Gasteiger partial charge on any atom is 0.256 e. The average Bonchev–Trinajstić information content (AvgIpc) is 3.18. The lowest BCUT2D eigenvalue weighted by Crippen LogP contribution is -2.13. The highest BCUT2D eigenvalue weighted by Gasteiger charge is 2.14. The first kappa shape index (κ1) is 25.8. The van der Waals surface area contributed by atoms with Gasteiger partial charge in [0.05, 0.1) is 6.54 Å². The summed E-state index contributed by atoms with van der Waals surface area (Å²) < 4.78 is 7.70. The van der Waals surface area contributed by atoms with E-state index >= 15 is 0 Å². The summed E-state index contributed by atoms with van der Waals surface area (Å²) in [4.78, 5) is 12.9. The van der Waals surface area contributed by atoms with Crippen LogP contribution in [0.3, 0.4) is 0 Å². The molecule has 0 atom stereocenters. The van der Waals surface area contributed by atoms with Crippen LogP contribution in [0.25, 0.3) is 0 Å². The van der Waals surface area contributed by atoms with E-state index in [4.69, 9.17) is 27.9 Å². The number of carbonyl (C=O) groups is 1. The van der Waals surface area contributed by atoms with Crippen LogP contribution in [0.5, 0.6) is 5.75 Å². The number of nitrogens with zero attached hydrogens (tertiary/aromatic N) is 2. The maximum atomic E-state index is 12.9. The summed E-state index contributed by atoms with van der Waals surface area (Å²) in [5.74, 6) is 1.01. The summed E-state index contributed by atoms with van der Waals surface area (Å²) in [7, 11) is 0. The van der Waals surface area contributed by atoms with Crippen LogP contribution < -0.4 is 10.1 Å². The molecule has 1 aromatic heterocycles. The van der Waals surface area contributed by atoms with E-state index in [1.165, 1.54) is 5.56 Å². The van der Waals surface area contributed by atoms with Gasteiger partial charge in [0.2, 0.25) is 0 Å². The molecule has 0 saturated heterocycles. The van der Waals surface area contributed by atoms with Crippen molar-refractivity contribution in [1.82, 2.24) is 9.78 Å². The van der Waals surface area contributed by atoms with Crippen molar-refractivity contribution in [2.24, 2.45) is 0 Å². The third-order valence-electron chi connectivity index (χ3n) is 5.91. The fraction of sp³-hybridized carbons (Fsp3) is 0.241. The molecule has 186 valence electrons. The fourth-order valence-electron chi connectivity index (χ4n) is 3.77. The zero-order valence-electron chi connectivity index (χ0n) is 20.8. The quantitative estimate of drug-likeness (QED) is 0.271. The van der Waals surface area contributed by atoms with Crippen molar-refractivity contribution in [2.75, 3.05) is 5.32 Å². The van der Waals surface area contributed by atoms with Gasteiger partial charge in [0, 0.05) is 32.9 Å². The summed E-state index contributed by atoms with van der Waals surface area (Å²) in [5, 5.41) is 8.55. The number of halogens is 2. The Morgan fingerprint density at radius 2 is 1.64 bits per heavy atom. The molecule has 7 heteroatoms. The van der Waals surface area contributed by atoms with Gasteiger partial charge in [-0.3, -0.25) is 9.48 Å². The smallest absolute Gasteiger partial charge is 0.256 e. The number of hydrogen-bond acceptors (Lipinski definition) is 3. The van der Waals surface area contributed by atoms with Gasteiger partial charge in [0.25, 0.3) is 5.91 Å². The number of rotatable bonds is 7. The van der Waals surface area contributed by atoms with Crippen molar-refractivity contribution in [3.63, 3.8) is 0 Å². The van der Waals surface area contributed by atoms with E-state index in [-0.39, 0.29) is 11.3 Å². The zero-order chi connectivity index (χ0) is 25.9. The summed E-state index contributed by atoms with van der Waals surface area (Å²) >= 11 is 12.6. The second-order valence-electron chi connectivity index (χ2n) is 9.75. The molecule has 4 rings (SSSR count). The van der Waals surface area contributed by atoms with Crippen molar-refractivity contribution in [1.29, 1.82) is 0 Å². The normalized spacial score (nSPS) is 11.4. The van der Waals surface area contributed by atoms with E-state index in [0.717, 1.165) is 22.6 Å². The van der Waals surface area contributed by atoms with Gasteiger partial charge in [0.15, 0.2) is 5.82 Å². The second kappa shape index (κ2) is 10.8. The second-order valence-corrected chi connectivity index (χ2v) is 10.6. The van der Waals surface area contributed by atoms with E-state index in [9.17, 15) is 4.79 Å². The molecular weight excluding hydrogens is 493 g/mol. The van der Waals surface area contributed by atoms with E-state index in [1.54, 1.807) is 28.9 Å². The number of hydrogen-bond donors (Lipinski definition) is 1. The number of benzene rings is 3. The van der Waals surface area contributed by atoms with Crippen LogP contribution in [0.15, 0.2) is 72.8 Å². The third-order valence-corrected chi connectivity index (χ3v) is 6.62. The van der Waals surface area contributed by atoms with Gasteiger partial charge in [-0.25, -0.2) is 0 Å². The number of carbonyl (C=O) groups excluding carboxylic acids is 1. The van der Waals surface area contributed by atoms with Gasteiger partial charge in [0.1, 0.15) is 12.4 Å². The molecule has 1 heterocycles. The van der Waals surface area contributed by atoms with Crippen molar-refractivity contribution >= 4 is 34.9 Å². The van der Waals surface area contributed by atoms with E-state index in [0.29, 0.717) is 34.6 Å². The minimum Gasteiger partial charge on any atom is -0.489 e. The molecule has 4 aromatic rings. The number of nitrogens with one attached hydrogen (secondary N) is 1. The number of aryl methyl sites for hydroxylation is 1. The lowest BCUT2D eigenvalue weighted by atomic mass is 9.87. The molecule has 3 aromatic carbocycles. The van der Waals surface area contributed by atoms with Gasteiger partial charge in [-0.1, -0.05) is 74.3 Å². The summed E-state index contributed by atoms with van der Waals surface area (Å²) in [6.45, 7) is 9.23. The number of anilines is 1. The lowest BCUT2D eigenvalue weighted by Gasteiger charge is -2.19. The molecule has 0 spiro atoms. The zero-order valence-corrected chi connectivity index (χ0v) is 22.3. The number of amides is 1. The van der Waals surface area contributed by atoms with Crippen LogP contribution in [-0.4, -0.2) is 15.7 Å². The molecule has 1 N–H and O–H groups in total. The van der Waals surface area contributed by atoms with Crippen LogP contribution in [0.2, 0.25) is 10.0 Å². The summed E-state index contributed by atoms with van der Waals surface area (Å²) in [5.41, 5.74) is 4.43. The molecule has 0 aliphatic heterocycles. The first-order chi connectivity index (χ1) is 17.1. The molecule has 0 aliphatic rings. The predicted octanol–water partition coefficient (Wildman–Crippen LogP) is 7.68. The predicted molar refractivity (Wildman–Crippen MR) is 146 cm³/mol. The first-order valence-electron chi connectivity index (χ1n) is 11.7. The van der Waals surface area contributed by atoms with E-state index in [1.807, 2.05) is 43.3 Å². The Balaban J connectivity index is 1.40. The van der Waals surface area contributed by atoms with Crippen molar-refractivity contribution < 1.29 is 9.53 Å². The average molecular weight is 522 g/mol. The van der Waals surface area contributed by atoms with E-state index < -0.39 is 0 Å². The molecule has 1 amide bonds. The SMILES string of the molecule is Cc1cc(NC(=O)c2cccc(COc3ccc(C(C)(C)C)cc3)c2)nn1Cc1c(Cl)cccc1Cl. The molecule has 0 saturated carbocycles. The number of ether oxygens (including phenoxy) is 1. The maximum absolute atomic E-state index is 12.9. The van der Waals surface area contributed by atoms with Crippen molar-refractivity contribution in [3.8, 4) is 5.75 Å². The van der Waals surface area contributed by atoms with Gasteiger partial charge < -0.3 is 10.1 Å². The Kier molecular flexibility index (Phi) is 7.72. The number of aromatic nitrogens is 2. The molecule has 0 radical (unpaired) electrons. The first-order valence-corrected chi connectivity index (χ1v) is 12.5. The molecule has 5 nitrogen and oxygen atoms in total. The standard InChI is InChI=1S/C29H29Cl2N3O2/c1-19-15-27(33-34(19)17-24-25(30)9-6-10-26(24)31)32-28(35)21-8-5-7-20(16-21)18-36-23-13-11-22(12-14-23)29(2,3)4/h5-16H,17-18H2,1-4H3,(H,32,33,35). The highest BCUT2D eigenvalue weighted by molar-refractivity contribution is 6.36. The minimum absolute atomic E-state index is 0.0935. The van der Waals surface area contributed by atoms with E-state index in [2.05, 4.69) is 43.3 Å². The molecule has 0 fully saturated rings. The van der Waals surface area contributed by atoms with Gasteiger partial charge in [-0.2, -0.15) is 5.10 Å². The van der Waals surface area contributed by atoms with Crippen LogP contribution >= 0.6 is 23.2 Å². The third kappa shape index (κ3) is 6.28. The monoisotopic (exact) mass is 521 g/mol. The van der Waals surface area contributed by atoms with Crippen molar-refractivity contribution in [3.05, 3.63) is 111 Å². The largest absolute Gasteiger partial charge is 0.489 e. The van der Waals surface area contributed by atoms with Gasteiger partial charge >= 0.3 is 0 Å². The molecule has 0 unspecified atom stereocenters. The van der Waals surface area contributed by atoms with Crippen LogP contribution in [0, 0.1) is 6.92 Å². The van der Waals surface area contributed by atoms with Gasteiger partial charge in [-0.05, 0) is 59.9 Å². The topological polar surface area (TPSA) is 56.1 Å². The Morgan fingerprint density at radius 3 is 2.31 bits per heavy atom. The molecular formula is C29H29Cl2N3O2. The van der Waals surface area contributed by atoms with Crippen LogP contribution in [0.1, 0.15) is 53.5 Å². The minimum atomic E-state index is -0.244. The Hall–Kier alpha value is -3.28. The Morgan fingerprint density at radius 1 is 0.972 bits per heavy atom. The summed E-state index contributed by atoms with van der Waals surface area (Å²) in [6, 6.07) is 22.7. The Labute approximate surface area is 222 Å². The lowest BCUT2D eigenvalue weighted by molar-refractivity contribution is 0.102.